The number of aromatic nitrogens is 6. The van der Waals surface area contributed by atoms with E-state index in [0.29, 0.717) is 18.3 Å². The first-order valence-corrected chi connectivity index (χ1v) is 6.94. The molecular weight excluding hydrogens is 254 g/mol. The normalized spacial score (nSPS) is 11.5. The summed E-state index contributed by atoms with van der Waals surface area (Å²) in [6.07, 6.45) is 0. The minimum Gasteiger partial charge on any atom is -0.312 e. The monoisotopic (exact) mass is 277 g/mol. The van der Waals surface area contributed by atoms with Crippen molar-refractivity contribution in [2.45, 2.75) is 40.8 Å². The maximum Gasteiger partial charge on any atom is 0.196 e. The summed E-state index contributed by atoms with van der Waals surface area (Å²) in [6, 6.07) is 0. The van der Waals surface area contributed by atoms with E-state index in [1.807, 2.05) is 11.6 Å². The molecule has 0 spiro atoms. The van der Waals surface area contributed by atoms with E-state index < -0.39 is 0 Å². The highest BCUT2D eigenvalue weighted by molar-refractivity contribution is 5.24. The van der Waals surface area contributed by atoms with Crippen molar-refractivity contribution in [2.24, 2.45) is 13.0 Å². The molecule has 2 aromatic heterocycles. The van der Waals surface area contributed by atoms with Gasteiger partial charge in [-0.2, -0.15) is 9.90 Å². The average Bonchev–Trinajstić information content (AvgIpc) is 2.88. The van der Waals surface area contributed by atoms with Gasteiger partial charge in [0.1, 0.15) is 6.54 Å². The summed E-state index contributed by atoms with van der Waals surface area (Å²) in [5, 5.41) is 20.1. The van der Waals surface area contributed by atoms with Crippen LogP contribution in [0.1, 0.15) is 36.6 Å². The first-order chi connectivity index (χ1) is 9.47. The molecule has 0 amide bonds. The molecule has 0 unspecified atom stereocenters. The van der Waals surface area contributed by atoms with Crippen molar-refractivity contribution in [2.75, 3.05) is 6.54 Å². The van der Waals surface area contributed by atoms with E-state index in [9.17, 15) is 0 Å². The van der Waals surface area contributed by atoms with Crippen LogP contribution in [0.25, 0.3) is 0 Å². The number of hydrogen-bond acceptors (Lipinski definition) is 5. The predicted octanol–water partition coefficient (Wildman–Crippen LogP) is 0.817. The molecule has 7 heteroatoms. The Bertz CT molecular complexity index is 567. The Hall–Kier alpha value is -1.76. The Labute approximate surface area is 119 Å². The Morgan fingerprint density at radius 1 is 1.20 bits per heavy atom. The number of aryl methyl sites for hydroxylation is 2. The van der Waals surface area contributed by atoms with Crippen molar-refractivity contribution < 1.29 is 0 Å². The average molecular weight is 277 g/mol. The molecule has 0 aliphatic carbocycles. The lowest BCUT2D eigenvalue weighted by Gasteiger charge is -2.08. The quantitative estimate of drug-likeness (QED) is 0.846. The van der Waals surface area contributed by atoms with E-state index in [-0.39, 0.29) is 0 Å². The van der Waals surface area contributed by atoms with Crippen LogP contribution in [0.4, 0.5) is 0 Å². The molecule has 0 aliphatic rings. The van der Waals surface area contributed by atoms with Crippen molar-refractivity contribution in [1.29, 1.82) is 0 Å². The Kier molecular flexibility index (Phi) is 4.49. The maximum absolute atomic E-state index is 4.57. The van der Waals surface area contributed by atoms with Gasteiger partial charge in [0.25, 0.3) is 0 Å². The molecule has 2 rings (SSSR count). The zero-order valence-corrected chi connectivity index (χ0v) is 12.9. The Balaban J connectivity index is 2.08. The molecule has 0 aromatic carbocycles. The molecule has 20 heavy (non-hydrogen) atoms. The molecule has 0 atom stereocenters. The largest absolute Gasteiger partial charge is 0.312 e. The van der Waals surface area contributed by atoms with Gasteiger partial charge in [-0.25, -0.2) is 0 Å². The fraction of sp³-hybridized carbons (Fsp3) is 0.692. The SMILES string of the molecule is Cc1nn(Cc2nnn(C)n2)c(C)c1CNCC(C)C. The van der Waals surface area contributed by atoms with Gasteiger partial charge in [0.2, 0.25) is 0 Å². The molecule has 0 bridgehead atoms. The van der Waals surface area contributed by atoms with Crippen molar-refractivity contribution in [3.63, 3.8) is 0 Å². The number of hydrogen-bond donors (Lipinski definition) is 1. The van der Waals surface area contributed by atoms with Gasteiger partial charge < -0.3 is 5.32 Å². The summed E-state index contributed by atoms with van der Waals surface area (Å²) in [4.78, 5) is 1.46. The van der Waals surface area contributed by atoms with Gasteiger partial charge in [0.15, 0.2) is 5.82 Å². The Morgan fingerprint density at radius 3 is 2.55 bits per heavy atom. The second kappa shape index (κ2) is 6.13. The van der Waals surface area contributed by atoms with E-state index in [0.717, 1.165) is 24.5 Å². The van der Waals surface area contributed by atoms with Gasteiger partial charge in [-0.05, 0) is 31.5 Å². The maximum atomic E-state index is 4.57. The molecule has 2 aromatic rings. The lowest BCUT2D eigenvalue weighted by Crippen LogP contribution is -2.19. The van der Waals surface area contributed by atoms with Crippen LogP contribution < -0.4 is 5.32 Å². The third-order valence-electron chi connectivity index (χ3n) is 3.23. The lowest BCUT2D eigenvalue weighted by molar-refractivity contribution is 0.550. The van der Waals surface area contributed by atoms with Crippen LogP contribution in [0.15, 0.2) is 0 Å². The lowest BCUT2D eigenvalue weighted by atomic mass is 10.2. The van der Waals surface area contributed by atoms with E-state index in [2.05, 4.69) is 46.6 Å². The third kappa shape index (κ3) is 3.41. The van der Waals surface area contributed by atoms with E-state index in [1.54, 1.807) is 7.05 Å². The van der Waals surface area contributed by atoms with Crippen LogP contribution in [-0.2, 0) is 20.1 Å². The summed E-state index contributed by atoms with van der Waals surface area (Å²) in [6.45, 7) is 11.0. The zero-order valence-electron chi connectivity index (χ0n) is 12.9. The van der Waals surface area contributed by atoms with Gasteiger partial charge >= 0.3 is 0 Å². The summed E-state index contributed by atoms with van der Waals surface area (Å²) in [5.74, 6) is 1.33. The molecule has 0 saturated heterocycles. The standard InChI is InChI=1S/C13H23N7/c1-9(2)6-14-7-12-10(3)16-20(11(12)4)8-13-15-18-19(5)17-13/h9,14H,6-8H2,1-5H3. The summed E-state index contributed by atoms with van der Waals surface area (Å²) >= 11 is 0. The minimum atomic E-state index is 0.560. The van der Waals surface area contributed by atoms with Crippen molar-refractivity contribution >= 4 is 0 Å². The molecule has 0 fully saturated rings. The first kappa shape index (κ1) is 14.6. The molecule has 2 heterocycles. The van der Waals surface area contributed by atoms with Crippen LogP contribution in [0.2, 0.25) is 0 Å². The molecule has 7 nitrogen and oxygen atoms in total. The fourth-order valence-corrected chi connectivity index (χ4v) is 2.15. The van der Waals surface area contributed by atoms with Gasteiger partial charge in [-0.1, -0.05) is 13.8 Å². The number of tetrazole rings is 1. The zero-order chi connectivity index (χ0) is 14.7. The van der Waals surface area contributed by atoms with E-state index >= 15 is 0 Å². The minimum absolute atomic E-state index is 0.560. The predicted molar refractivity (Wildman–Crippen MR) is 76.1 cm³/mol. The van der Waals surface area contributed by atoms with Gasteiger partial charge in [-0.3, -0.25) is 4.68 Å². The van der Waals surface area contributed by atoms with Crippen molar-refractivity contribution in [1.82, 2.24) is 35.3 Å². The summed E-state index contributed by atoms with van der Waals surface area (Å²) < 4.78 is 1.94. The topological polar surface area (TPSA) is 73.5 Å². The number of nitrogens with one attached hydrogen (secondary N) is 1. The molecule has 0 aliphatic heterocycles. The first-order valence-electron chi connectivity index (χ1n) is 6.94. The molecule has 0 radical (unpaired) electrons. The molecule has 0 saturated carbocycles. The number of nitrogens with zero attached hydrogens (tertiary/aromatic N) is 6. The van der Waals surface area contributed by atoms with Gasteiger partial charge in [0, 0.05) is 17.8 Å². The highest BCUT2D eigenvalue weighted by atomic mass is 15.6. The van der Waals surface area contributed by atoms with Gasteiger partial charge in [-0.15, -0.1) is 10.2 Å². The second-order valence-electron chi connectivity index (χ2n) is 5.53. The fourth-order valence-electron chi connectivity index (χ4n) is 2.15. The second-order valence-corrected chi connectivity index (χ2v) is 5.53. The molecule has 1 N–H and O–H groups in total. The highest BCUT2D eigenvalue weighted by Crippen LogP contribution is 2.13. The van der Waals surface area contributed by atoms with Crippen molar-refractivity contribution in [3.05, 3.63) is 22.8 Å². The molecule has 110 valence electrons. The van der Waals surface area contributed by atoms with Gasteiger partial charge in [0.05, 0.1) is 12.7 Å². The molecular formula is C13H23N7. The van der Waals surface area contributed by atoms with Crippen LogP contribution in [0.5, 0.6) is 0 Å². The van der Waals surface area contributed by atoms with Crippen LogP contribution in [0.3, 0.4) is 0 Å². The van der Waals surface area contributed by atoms with E-state index in [4.69, 9.17) is 0 Å². The smallest absolute Gasteiger partial charge is 0.196 e. The van der Waals surface area contributed by atoms with Crippen LogP contribution >= 0.6 is 0 Å². The van der Waals surface area contributed by atoms with Crippen LogP contribution in [-0.4, -0.2) is 36.5 Å². The highest BCUT2D eigenvalue weighted by Gasteiger charge is 2.13. The van der Waals surface area contributed by atoms with Crippen LogP contribution in [0, 0.1) is 19.8 Å². The van der Waals surface area contributed by atoms with E-state index in [1.165, 1.54) is 10.4 Å². The summed E-state index contributed by atoms with van der Waals surface area (Å²) in [5.41, 5.74) is 3.48. The Morgan fingerprint density at radius 2 is 1.95 bits per heavy atom. The summed E-state index contributed by atoms with van der Waals surface area (Å²) in [7, 11) is 1.76. The number of rotatable bonds is 6. The van der Waals surface area contributed by atoms with Crippen molar-refractivity contribution in [3.8, 4) is 0 Å². The third-order valence-corrected chi connectivity index (χ3v) is 3.23.